The summed E-state index contributed by atoms with van der Waals surface area (Å²) in [5.41, 5.74) is 0.591. The fourth-order valence-electron chi connectivity index (χ4n) is 2.09. The second-order valence-electron chi connectivity index (χ2n) is 4.29. The van der Waals surface area contributed by atoms with Gasteiger partial charge in [-0.3, -0.25) is 4.79 Å². The summed E-state index contributed by atoms with van der Waals surface area (Å²) in [5, 5.41) is 0. The van der Waals surface area contributed by atoms with Crippen LogP contribution in [0.1, 0.15) is 49.4 Å². The van der Waals surface area contributed by atoms with Gasteiger partial charge in [0.15, 0.2) is 5.78 Å². The number of hydrogen-bond donors (Lipinski definition) is 0. The van der Waals surface area contributed by atoms with Crippen LogP contribution in [0.5, 0.6) is 5.88 Å². The predicted octanol–water partition coefficient (Wildman–Crippen LogP) is 3.00. The normalized spacial score (nSPS) is 17.1. The number of aromatic nitrogens is 1. The topological polar surface area (TPSA) is 39.2 Å². The molecular formula is C13H17NO2. The molecule has 1 saturated carbocycles. The summed E-state index contributed by atoms with van der Waals surface area (Å²) in [7, 11) is 0. The van der Waals surface area contributed by atoms with Gasteiger partial charge in [-0.05, 0) is 44.7 Å². The Kier molecular flexibility index (Phi) is 3.54. The Balaban J connectivity index is 2.10. The first-order chi connectivity index (χ1) is 7.77. The minimum Gasteiger partial charge on any atom is -0.474 e. The number of nitrogens with zero attached hydrogens (tertiary/aromatic N) is 1. The van der Waals surface area contributed by atoms with Crippen molar-refractivity contribution < 1.29 is 9.53 Å². The standard InChI is InChI=1S/C13H17NO2/c1-10(15)12-8-5-9-14-13(12)16-11-6-3-2-4-7-11/h5,8-9,11H,2-4,6-7H2,1H3. The summed E-state index contributed by atoms with van der Waals surface area (Å²) >= 11 is 0. The molecule has 0 amide bonds. The van der Waals surface area contributed by atoms with Crippen molar-refractivity contribution in [1.82, 2.24) is 4.98 Å². The van der Waals surface area contributed by atoms with Crippen molar-refractivity contribution in [3.8, 4) is 5.88 Å². The third-order valence-electron chi connectivity index (χ3n) is 2.98. The Labute approximate surface area is 95.8 Å². The number of carbonyl (C=O) groups is 1. The number of ketones is 1. The Morgan fingerprint density at radius 1 is 1.38 bits per heavy atom. The number of rotatable bonds is 3. The molecule has 1 aliphatic rings. The molecule has 1 aliphatic carbocycles. The van der Waals surface area contributed by atoms with Crippen LogP contribution in [0.25, 0.3) is 0 Å². The molecule has 0 atom stereocenters. The van der Waals surface area contributed by atoms with E-state index in [9.17, 15) is 4.79 Å². The quantitative estimate of drug-likeness (QED) is 0.733. The average molecular weight is 219 g/mol. The molecule has 0 spiro atoms. The van der Waals surface area contributed by atoms with Gasteiger partial charge in [-0.1, -0.05) is 6.42 Å². The zero-order valence-electron chi connectivity index (χ0n) is 9.61. The molecule has 3 nitrogen and oxygen atoms in total. The summed E-state index contributed by atoms with van der Waals surface area (Å²) in [6, 6.07) is 3.54. The lowest BCUT2D eigenvalue weighted by Gasteiger charge is -2.23. The number of Topliss-reactive ketones (excluding diaryl/α,β-unsaturated/α-hetero) is 1. The SMILES string of the molecule is CC(=O)c1cccnc1OC1CCCCC1. The molecule has 0 aliphatic heterocycles. The molecule has 1 fully saturated rings. The minimum atomic E-state index is 0.0129. The number of ether oxygens (including phenoxy) is 1. The van der Waals surface area contributed by atoms with E-state index in [1.807, 2.05) is 0 Å². The number of hydrogen-bond acceptors (Lipinski definition) is 3. The van der Waals surface area contributed by atoms with Crippen LogP contribution < -0.4 is 4.74 Å². The molecule has 16 heavy (non-hydrogen) atoms. The van der Waals surface area contributed by atoms with Crippen LogP contribution in [-0.4, -0.2) is 16.9 Å². The highest BCUT2D eigenvalue weighted by atomic mass is 16.5. The van der Waals surface area contributed by atoms with Gasteiger partial charge in [-0.2, -0.15) is 0 Å². The van der Waals surface area contributed by atoms with Crippen LogP contribution in [0.2, 0.25) is 0 Å². The Hall–Kier alpha value is -1.38. The molecule has 2 rings (SSSR count). The second kappa shape index (κ2) is 5.10. The van der Waals surface area contributed by atoms with Crippen LogP contribution in [0.15, 0.2) is 18.3 Å². The van der Waals surface area contributed by atoms with Crippen molar-refractivity contribution in [3.63, 3.8) is 0 Å². The Morgan fingerprint density at radius 3 is 2.81 bits per heavy atom. The summed E-state index contributed by atoms with van der Waals surface area (Å²) in [6.45, 7) is 1.55. The van der Waals surface area contributed by atoms with Crippen molar-refractivity contribution in [2.45, 2.75) is 45.1 Å². The molecule has 86 valence electrons. The lowest BCUT2D eigenvalue weighted by molar-refractivity contribution is 0.0998. The van der Waals surface area contributed by atoms with Crippen molar-refractivity contribution >= 4 is 5.78 Å². The van der Waals surface area contributed by atoms with Gasteiger partial charge in [0, 0.05) is 6.20 Å². The maximum atomic E-state index is 11.4. The molecule has 0 aromatic carbocycles. The molecule has 1 aromatic rings. The maximum Gasteiger partial charge on any atom is 0.224 e. The molecule has 0 unspecified atom stereocenters. The largest absolute Gasteiger partial charge is 0.474 e. The van der Waals surface area contributed by atoms with E-state index in [0.717, 1.165) is 12.8 Å². The van der Waals surface area contributed by atoms with Crippen LogP contribution >= 0.6 is 0 Å². The van der Waals surface area contributed by atoms with E-state index in [0.29, 0.717) is 11.4 Å². The van der Waals surface area contributed by atoms with Gasteiger partial charge in [-0.25, -0.2) is 4.98 Å². The fraction of sp³-hybridized carbons (Fsp3) is 0.538. The van der Waals surface area contributed by atoms with E-state index in [2.05, 4.69) is 4.98 Å². The van der Waals surface area contributed by atoms with Crippen LogP contribution in [0.3, 0.4) is 0 Å². The molecule has 0 saturated heterocycles. The smallest absolute Gasteiger partial charge is 0.224 e. The highest BCUT2D eigenvalue weighted by Crippen LogP contribution is 2.24. The van der Waals surface area contributed by atoms with Crippen molar-refractivity contribution in [3.05, 3.63) is 23.9 Å². The maximum absolute atomic E-state index is 11.4. The Bertz CT molecular complexity index is 370. The highest BCUT2D eigenvalue weighted by Gasteiger charge is 2.18. The van der Waals surface area contributed by atoms with Gasteiger partial charge in [-0.15, -0.1) is 0 Å². The first-order valence-corrected chi connectivity index (χ1v) is 5.90. The second-order valence-corrected chi connectivity index (χ2v) is 4.29. The summed E-state index contributed by atoms with van der Waals surface area (Å²) < 4.78 is 5.82. The van der Waals surface area contributed by atoms with Gasteiger partial charge < -0.3 is 4.74 Å². The van der Waals surface area contributed by atoms with Crippen LogP contribution in [0, 0.1) is 0 Å². The third-order valence-corrected chi connectivity index (χ3v) is 2.98. The van der Waals surface area contributed by atoms with E-state index in [-0.39, 0.29) is 11.9 Å². The van der Waals surface area contributed by atoms with E-state index < -0.39 is 0 Å². The molecular weight excluding hydrogens is 202 g/mol. The minimum absolute atomic E-state index is 0.0129. The molecule has 0 radical (unpaired) electrons. The zero-order chi connectivity index (χ0) is 11.4. The van der Waals surface area contributed by atoms with E-state index >= 15 is 0 Å². The lowest BCUT2D eigenvalue weighted by Crippen LogP contribution is -2.21. The van der Waals surface area contributed by atoms with Crippen LogP contribution in [-0.2, 0) is 0 Å². The van der Waals surface area contributed by atoms with E-state index in [1.54, 1.807) is 25.3 Å². The van der Waals surface area contributed by atoms with Gasteiger partial charge in [0.2, 0.25) is 5.88 Å². The van der Waals surface area contributed by atoms with Crippen LogP contribution in [0.4, 0.5) is 0 Å². The van der Waals surface area contributed by atoms with Gasteiger partial charge >= 0.3 is 0 Å². The summed E-state index contributed by atoms with van der Waals surface area (Å²) in [4.78, 5) is 15.5. The zero-order valence-corrected chi connectivity index (χ0v) is 9.61. The highest BCUT2D eigenvalue weighted by molar-refractivity contribution is 5.96. The fourth-order valence-corrected chi connectivity index (χ4v) is 2.09. The molecule has 1 aromatic heterocycles. The molecule has 3 heteroatoms. The van der Waals surface area contributed by atoms with Crippen molar-refractivity contribution in [2.75, 3.05) is 0 Å². The first kappa shape index (κ1) is 11.1. The van der Waals surface area contributed by atoms with E-state index in [4.69, 9.17) is 4.74 Å². The van der Waals surface area contributed by atoms with E-state index in [1.165, 1.54) is 19.3 Å². The van der Waals surface area contributed by atoms with Gasteiger partial charge in [0.25, 0.3) is 0 Å². The summed E-state index contributed by atoms with van der Waals surface area (Å²) in [5.74, 6) is 0.515. The summed E-state index contributed by atoms with van der Waals surface area (Å²) in [6.07, 6.45) is 7.79. The van der Waals surface area contributed by atoms with Crippen molar-refractivity contribution in [1.29, 1.82) is 0 Å². The molecule has 0 bridgehead atoms. The van der Waals surface area contributed by atoms with Gasteiger partial charge in [0.1, 0.15) is 6.10 Å². The molecule has 0 N–H and O–H groups in total. The monoisotopic (exact) mass is 219 g/mol. The first-order valence-electron chi connectivity index (χ1n) is 5.90. The van der Waals surface area contributed by atoms with Gasteiger partial charge in [0.05, 0.1) is 5.56 Å². The third kappa shape index (κ3) is 2.60. The average Bonchev–Trinajstić information content (AvgIpc) is 2.31. The Morgan fingerprint density at radius 2 is 2.12 bits per heavy atom. The molecule has 1 heterocycles. The number of pyridine rings is 1. The number of carbonyl (C=O) groups excluding carboxylic acids is 1. The lowest BCUT2D eigenvalue weighted by atomic mass is 9.98. The predicted molar refractivity (Wildman–Crippen MR) is 61.7 cm³/mol. The van der Waals surface area contributed by atoms with Crippen molar-refractivity contribution in [2.24, 2.45) is 0 Å².